The Morgan fingerprint density at radius 1 is 1.11 bits per heavy atom. The molecule has 3 heterocycles. The third kappa shape index (κ3) is 4.51. The normalized spacial score (nSPS) is 18.5. The highest BCUT2D eigenvalue weighted by Gasteiger charge is 2.22. The highest BCUT2D eigenvalue weighted by molar-refractivity contribution is 5.73. The SMILES string of the molecule is O=C(NCc1ccc(N2CCCCC2)nc1)NCC1Cc2ccccc2O1. The van der Waals surface area contributed by atoms with Crippen molar-refractivity contribution in [3.8, 4) is 5.75 Å². The molecular weight excluding hydrogens is 340 g/mol. The van der Waals surface area contributed by atoms with Crippen molar-refractivity contribution in [2.24, 2.45) is 0 Å². The maximum Gasteiger partial charge on any atom is 0.315 e. The van der Waals surface area contributed by atoms with Crippen LogP contribution >= 0.6 is 0 Å². The molecule has 0 spiro atoms. The number of urea groups is 1. The minimum Gasteiger partial charge on any atom is -0.488 e. The molecule has 0 bridgehead atoms. The van der Waals surface area contributed by atoms with E-state index in [1.165, 1.54) is 24.8 Å². The number of ether oxygens (including phenoxy) is 1. The van der Waals surface area contributed by atoms with E-state index in [9.17, 15) is 4.79 Å². The van der Waals surface area contributed by atoms with Crippen LogP contribution in [0.25, 0.3) is 0 Å². The van der Waals surface area contributed by atoms with Gasteiger partial charge in [-0.25, -0.2) is 9.78 Å². The molecule has 27 heavy (non-hydrogen) atoms. The van der Waals surface area contributed by atoms with Gasteiger partial charge >= 0.3 is 6.03 Å². The number of para-hydroxylation sites is 1. The van der Waals surface area contributed by atoms with E-state index in [0.29, 0.717) is 13.1 Å². The zero-order chi connectivity index (χ0) is 18.5. The number of carbonyl (C=O) groups excluding carboxylic acids is 1. The number of rotatable bonds is 5. The predicted molar refractivity (Wildman–Crippen MR) is 105 cm³/mol. The summed E-state index contributed by atoms with van der Waals surface area (Å²) in [5.74, 6) is 1.95. The fourth-order valence-corrected chi connectivity index (χ4v) is 3.65. The predicted octanol–water partition coefficient (Wildman–Crippen LogP) is 2.87. The lowest BCUT2D eigenvalue weighted by molar-refractivity contribution is 0.214. The number of fused-ring (bicyclic) bond motifs is 1. The van der Waals surface area contributed by atoms with Crippen LogP contribution in [0.2, 0.25) is 0 Å². The van der Waals surface area contributed by atoms with E-state index < -0.39 is 0 Å². The van der Waals surface area contributed by atoms with Gasteiger partial charge in [-0.3, -0.25) is 0 Å². The van der Waals surface area contributed by atoms with Crippen LogP contribution in [-0.4, -0.2) is 36.8 Å². The van der Waals surface area contributed by atoms with Crippen LogP contribution in [0.15, 0.2) is 42.6 Å². The van der Waals surface area contributed by atoms with Crippen molar-refractivity contribution in [3.05, 3.63) is 53.7 Å². The Morgan fingerprint density at radius 3 is 2.74 bits per heavy atom. The van der Waals surface area contributed by atoms with Gasteiger partial charge < -0.3 is 20.3 Å². The summed E-state index contributed by atoms with van der Waals surface area (Å²) in [6.45, 7) is 3.12. The fraction of sp³-hybridized carbons (Fsp3) is 0.429. The molecule has 2 aromatic rings. The van der Waals surface area contributed by atoms with Gasteiger partial charge in [-0.05, 0) is 42.5 Å². The Kier molecular flexibility index (Phi) is 5.42. The van der Waals surface area contributed by atoms with Crippen molar-refractivity contribution in [2.75, 3.05) is 24.5 Å². The van der Waals surface area contributed by atoms with Crippen molar-refractivity contribution in [2.45, 2.75) is 38.3 Å². The number of carbonyl (C=O) groups is 1. The molecular formula is C21H26N4O2. The maximum absolute atomic E-state index is 12.1. The Bertz CT molecular complexity index is 747. The minimum absolute atomic E-state index is 0.00126. The van der Waals surface area contributed by atoms with Crippen molar-refractivity contribution in [3.63, 3.8) is 0 Å². The van der Waals surface area contributed by atoms with Crippen molar-refractivity contribution >= 4 is 11.8 Å². The summed E-state index contributed by atoms with van der Waals surface area (Å²) in [5, 5.41) is 5.77. The van der Waals surface area contributed by atoms with Gasteiger partial charge in [0.25, 0.3) is 0 Å². The average Bonchev–Trinajstić information content (AvgIpc) is 3.15. The molecule has 0 radical (unpaired) electrons. The molecule has 1 fully saturated rings. The summed E-state index contributed by atoms with van der Waals surface area (Å²) in [6.07, 6.45) is 6.46. The highest BCUT2D eigenvalue weighted by Crippen LogP contribution is 2.27. The number of piperidine rings is 1. The van der Waals surface area contributed by atoms with Crippen LogP contribution in [0.1, 0.15) is 30.4 Å². The molecule has 2 aliphatic heterocycles. The minimum atomic E-state index is -0.185. The first-order chi connectivity index (χ1) is 13.3. The van der Waals surface area contributed by atoms with E-state index in [1.54, 1.807) is 0 Å². The number of benzene rings is 1. The fourth-order valence-electron chi connectivity index (χ4n) is 3.65. The third-order valence-corrected chi connectivity index (χ3v) is 5.15. The summed E-state index contributed by atoms with van der Waals surface area (Å²) in [4.78, 5) is 18.9. The van der Waals surface area contributed by atoms with Gasteiger partial charge in [0.05, 0.1) is 6.54 Å². The molecule has 4 rings (SSSR count). The molecule has 1 unspecified atom stereocenters. The van der Waals surface area contributed by atoms with Crippen molar-refractivity contribution in [1.29, 1.82) is 0 Å². The van der Waals surface area contributed by atoms with Crippen LogP contribution in [0.3, 0.4) is 0 Å². The third-order valence-electron chi connectivity index (χ3n) is 5.15. The molecule has 2 N–H and O–H groups in total. The standard InChI is InChI=1S/C21H26N4O2/c26-21(24-15-18-12-17-6-2-3-7-19(17)27-18)23-14-16-8-9-20(22-13-16)25-10-4-1-5-11-25/h2-3,6-9,13,18H,1,4-5,10-12,14-15H2,(H2,23,24,26). The number of pyridine rings is 1. The molecule has 6 heteroatoms. The molecule has 6 nitrogen and oxygen atoms in total. The summed E-state index contributed by atoms with van der Waals surface area (Å²) in [6, 6.07) is 11.9. The van der Waals surface area contributed by atoms with E-state index >= 15 is 0 Å². The number of anilines is 1. The Labute approximate surface area is 159 Å². The molecule has 1 atom stereocenters. The zero-order valence-electron chi connectivity index (χ0n) is 15.5. The topological polar surface area (TPSA) is 66.5 Å². The molecule has 1 saturated heterocycles. The summed E-state index contributed by atoms with van der Waals surface area (Å²) in [5.41, 5.74) is 2.19. The van der Waals surface area contributed by atoms with E-state index in [2.05, 4.69) is 26.6 Å². The van der Waals surface area contributed by atoms with Crippen LogP contribution in [0.5, 0.6) is 5.75 Å². The van der Waals surface area contributed by atoms with E-state index in [4.69, 9.17) is 4.74 Å². The number of hydrogen-bond acceptors (Lipinski definition) is 4. The van der Waals surface area contributed by atoms with Gasteiger partial charge in [0.1, 0.15) is 17.7 Å². The average molecular weight is 366 g/mol. The smallest absolute Gasteiger partial charge is 0.315 e. The lowest BCUT2D eigenvalue weighted by Crippen LogP contribution is -2.40. The first-order valence-corrected chi connectivity index (χ1v) is 9.74. The number of nitrogens with zero attached hydrogens (tertiary/aromatic N) is 2. The largest absolute Gasteiger partial charge is 0.488 e. The lowest BCUT2D eigenvalue weighted by atomic mass is 10.1. The second kappa shape index (κ2) is 8.29. The summed E-state index contributed by atoms with van der Waals surface area (Å²) >= 11 is 0. The molecule has 2 amide bonds. The Hall–Kier alpha value is -2.76. The van der Waals surface area contributed by atoms with Gasteiger partial charge in [0, 0.05) is 32.3 Å². The van der Waals surface area contributed by atoms with E-state index in [1.807, 2.05) is 36.5 Å². The zero-order valence-corrected chi connectivity index (χ0v) is 15.5. The molecule has 2 aliphatic rings. The molecule has 0 aliphatic carbocycles. The Balaban J connectivity index is 1.19. The second-order valence-corrected chi connectivity index (χ2v) is 7.19. The van der Waals surface area contributed by atoms with E-state index in [0.717, 1.165) is 36.6 Å². The number of amides is 2. The molecule has 1 aromatic carbocycles. The van der Waals surface area contributed by atoms with Gasteiger partial charge in [-0.2, -0.15) is 0 Å². The lowest BCUT2D eigenvalue weighted by Gasteiger charge is -2.27. The second-order valence-electron chi connectivity index (χ2n) is 7.19. The first kappa shape index (κ1) is 17.6. The van der Waals surface area contributed by atoms with Gasteiger partial charge in [0.2, 0.25) is 0 Å². The number of nitrogens with one attached hydrogen (secondary N) is 2. The quantitative estimate of drug-likeness (QED) is 0.854. The monoisotopic (exact) mass is 366 g/mol. The molecule has 0 saturated carbocycles. The maximum atomic E-state index is 12.1. The van der Waals surface area contributed by atoms with Gasteiger partial charge in [-0.15, -0.1) is 0 Å². The molecule has 1 aromatic heterocycles. The molecule has 142 valence electrons. The van der Waals surface area contributed by atoms with Crippen LogP contribution < -0.4 is 20.3 Å². The highest BCUT2D eigenvalue weighted by atomic mass is 16.5. The summed E-state index contributed by atoms with van der Waals surface area (Å²) < 4.78 is 5.83. The van der Waals surface area contributed by atoms with Crippen LogP contribution in [-0.2, 0) is 13.0 Å². The van der Waals surface area contributed by atoms with Crippen LogP contribution in [0, 0.1) is 0 Å². The first-order valence-electron chi connectivity index (χ1n) is 9.74. The summed E-state index contributed by atoms with van der Waals surface area (Å²) in [7, 11) is 0. The Morgan fingerprint density at radius 2 is 1.96 bits per heavy atom. The van der Waals surface area contributed by atoms with E-state index in [-0.39, 0.29) is 12.1 Å². The van der Waals surface area contributed by atoms with Gasteiger partial charge in [-0.1, -0.05) is 24.3 Å². The number of aromatic nitrogens is 1. The number of hydrogen-bond donors (Lipinski definition) is 2. The van der Waals surface area contributed by atoms with Crippen molar-refractivity contribution < 1.29 is 9.53 Å². The van der Waals surface area contributed by atoms with Crippen LogP contribution in [0.4, 0.5) is 10.6 Å². The van der Waals surface area contributed by atoms with Gasteiger partial charge in [0.15, 0.2) is 0 Å². The van der Waals surface area contributed by atoms with Crippen molar-refractivity contribution in [1.82, 2.24) is 15.6 Å².